The number of thiophene rings is 1. The molecule has 2 aromatic rings. The van der Waals surface area contributed by atoms with Crippen molar-refractivity contribution < 1.29 is 0 Å². The summed E-state index contributed by atoms with van der Waals surface area (Å²) in [6.45, 7) is 3.81. The van der Waals surface area contributed by atoms with Crippen LogP contribution in [0.2, 0.25) is 5.02 Å². The molecule has 0 N–H and O–H groups in total. The fraction of sp³-hybridized carbons (Fsp3) is 0.0769. The standard InChI is InChI=1S/C13H11ClS/c1-2-13-11(6-7-15-13)8-10-4-3-5-12(14)9-10/h2-7,9H,1,8H2. The quantitative estimate of drug-likeness (QED) is 0.726. The van der Waals surface area contributed by atoms with Crippen LogP contribution in [0.25, 0.3) is 6.08 Å². The van der Waals surface area contributed by atoms with E-state index in [1.807, 2.05) is 24.3 Å². The molecule has 0 atom stereocenters. The Kier molecular flexibility index (Phi) is 3.24. The van der Waals surface area contributed by atoms with Crippen LogP contribution in [0.15, 0.2) is 42.3 Å². The second kappa shape index (κ2) is 4.65. The Morgan fingerprint density at radius 2 is 2.20 bits per heavy atom. The Morgan fingerprint density at radius 3 is 2.93 bits per heavy atom. The van der Waals surface area contributed by atoms with Crippen LogP contribution in [0.4, 0.5) is 0 Å². The molecule has 0 aliphatic heterocycles. The molecule has 1 aromatic carbocycles. The van der Waals surface area contributed by atoms with E-state index in [2.05, 4.69) is 24.1 Å². The SMILES string of the molecule is C=Cc1sccc1Cc1cccc(Cl)c1. The molecule has 2 heteroatoms. The molecule has 1 aromatic heterocycles. The summed E-state index contributed by atoms with van der Waals surface area (Å²) in [5.74, 6) is 0. The van der Waals surface area contributed by atoms with E-state index in [4.69, 9.17) is 11.6 Å². The molecule has 0 radical (unpaired) electrons. The molecule has 0 bridgehead atoms. The van der Waals surface area contributed by atoms with Gasteiger partial charge in [-0.25, -0.2) is 0 Å². The first-order valence-corrected chi connectivity index (χ1v) is 5.98. The summed E-state index contributed by atoms with van der Waals surface area (Å²) in [6.07, 6.45) is 2.83. The summed E-state index contributed by atoms with van der Waals surface area (Å²) in [7, 11) is 0. The lowest BCUT2D eigenvalue weighted by atomic mass is 10.1. The number of hydrogen-bond donors (Lipinski definition) is 0. The Labute approximate surface area is 98.8 Å². The zero-order valence-electron chi connectivity index (χ0n) is 8.24. The van der Waals surface area contributed by atoms with Crippen LogP contribution >= 0.6 is 22.9 Å². The van der Waals surface area contributed by atoms with E-state index in [1.54, 1.807) is 11.3 Å². The third kappa shape index (κ3) is 2.49. The molecule has 0 fully saturated rings. The predicted molar refractivity (Wildman–Crippen MR) is 68.7 cm³/mol. The van der Waals surface area contributed by atoms with Gasteiger partial charge in [-0.15, -0.1) is 11.3 Å². The van der Waals surface area contributed by atoms with Gasteiger partial charge in [-0.3, -0.25) is 0 Å². The Balaban J connectivity index is 2.25. The zero-order valence-corrected chi connectivity index (χ0v) is 9.81. The number of hydrogen-bond acceptors (Lipinski definition) is 1. The molecule has 1 heterocycles. The second-order valence-corrected chi connectivity index (χ2v) is 4.71. The minimum absolute atomic E-state index is 0.794. The summed E-state index contributed by atoms with van der Waals surface area (Å²) >= 11 is 7.66. The van der Waals surface area contributed by atoms with Crippen molar-refractivity contribution in [2.24, 2.45) is 0 Å². The summed E-state index contributed by atoms with van der Waals surface area (Å²) < 4.78 is 0. The fourth-order valence-corrected chi connectivity index (χ4v) is 2.52. The molecule has 0 nitrogen and oxygen atoms in total. The third-order valence-electron chi connectivity index (χ3n) is 2.25. The van der Waals surface area contributed by atoms with E-state index in [-0.39, 0.29) is 0 Å². The first-order valence-electron chi connectivity index (χ1n) is 4.73. The van der Waals surface area contributed by atoms with E-state index >= 15 is 0 Å². The highest BCUT2D eigenvalue weighted by molar-refractivity contribution is 7.11. The zero-order chi connectivity index (χ0) is 10.7. The van der Waals surface area contributed by atoms with Crippen LogP contribution in [-0.4, -0.2) is 0 Å². The van der Waals surface area contributed by atoms with Gasteiger partial charge in [0.05, 0.1) is 0 Å². The van der Waals surface area contributed by atoms with E-state index < -0.39 is 0 Å². The maximum atomic E-state index is 5.94. The van der Waals surface area contributed by atoms with Gasteiger partial charge in [-0.05, 0) is 41.1 Å². The van der Waals surface area contributed by atoms with Crippen LogP contribution in [0, 0.1) is 0 Å². The van der Waals surface area contributed by atoms with Gasteiger partial charge in [0.25, 0.3) is 0 Å². The van der Waals surface area contributed by atoms with E-state index in [0.717, 1.165) is 11.4 Å². The first-order chi connectivity index (χ1) is 7.29. The lowest BCUT2D eigenvalue weighted by Crippen LogP contribution is -1.87. The molecule has 0 saturated heterocycles. The molecule has 2 rings (SSSR count). The topological polar surface area (TPSA) is 0 Å². The van der Waals surface area contributed by atoms with Gasteiger partial charge in [0.1, 0.15) is 0 Å². The normalized spacial score (nSPS) is 10.2. The van der Waals surface area contributed by atoms with Crippen molar-refractivity contribution in [1.29, 1.82) is 0 Å². The van der Waals surface area contributed by atoms with Crippen molar-refractivity contribution in [3.05, 3.63) is 63.3 Å². The van der Waals surface area contributed by atoms with Crippen LogP contribution in [-0.2, 0) is 6.42 Å². The minimum Gasteiger partial charge on any atom is -0.144 e. The second-order valence-electron chi connectivity index (χ2n) is 3.32. The molecule has 0 unspecified atom stereocenters. The highest BCUT2D eigenvalue weighted by atomic mass is 35.5. The number of halogens is 1. The lowest BCUT2D eigenvalue weighted by Gasteiger charge is -2.01. The summed E-state index contributed by atoms with van der Waals surface area (Å²) in [5.41, 5.74) is 2.56. The number of rotatable bonds is 3. The largest absolute Gasteiger partial charge is 0.144 e. The highest BCUT2D eigenvalue weighted by Crippen LogP contribution is 2.22. The van der Waals surface area contributed by atoms with Gasteiger partial charge in [0, 0.05) is 9.90 Å². The van der Waals surface area contributed by atoms with E-state index in [0.29, 0.717) is 0 Å². The molecule has 0 saturated carbocycles. The summed E-state index contributed by atoms with van der Waals surface area (Å²) in [6, 6.07) is 10.1. The smallest absolute Gasteiger partial charge is 0.0408 e. The van der Waals surface area contributed by atoms with Crippen molar-refractivity contribution in [2.75, 3.05) is 0 Å². The predicted octanol–water partition coefficient (Wildman–Crippen LogP) is 4.64. The van der Waals surface area contributed by atoms with Gasteiger partial charge in [-0.1, -0.05) is 36.4 Å². The van der Waals surface area contributed by atoms with Crippen molar-refractivity contribution in [1.82, 2.24) is 0 Å². The van der Waals surface area contributed by atoms with Crippen LogP contribution in [0.1, 0.15) is 16.0 Å². The molecule has 0 spiro atoms. The average Bonchev–Trinajstić information content (AvgIpc) is 2.65. The molecule has 0 aliphatic carbocycles. The van der Waals surface area contributed by atoms with E-state index in [9.17, 15) is 0 Å². The number of benzene rings is 1. The Hall–Kier alpha value is -1.05. The van der Waals surface area contributed by atoms with Crippen LogP contribution in [0.3, 0.4) is 0 Å². The van der Waals surface area contributed by atoms with E-state index in [1.165, 1.54) is 16.0 Å². The van der Waals surface area contributed by atoms with Crippen molar-refractivity contribution in [3.8, 4) is 0 Å². The van der Waals surface area contributed by atoms with Gasteiger partial charge in [-0.2, -0.15) is 0 Å². The van der Waals surface area contributed by atoms with Gasteiger partial charge in [0.15, 0.2) is 0 Å². The van der Waals surface area contributed by atoms with Crippen molar-refractivity contribution >= 4 is 29.0 Å². The molecule has 0 aliphatic rings. The fourth-order valence-electron chi connectivity index (χ4n) is 1.54. The first kappa shape index (κ1) is 10.5. The van der Waals surface area contributed by atoms with Crippen molar-refractivity contribution in [3.63, 3.8) is 0 Å². The van der Waals surface area contributed by atoms with Crippen LogP contribution in [0.5, 0.6) is 0 Å². The molecule has 15 heavy (non-hydrogen) atoms. The van der Waals surface area contributed by atoms with Gasteiger partial charge < -0.3 is 0 Å². The molecule has 76 valence electrons. The minimum atomic E-state index is 0.794. The van der Waals surface area contributed by atoms with Gasteiger partial charge in [0.2, 0.25) is 0 Å². The van der Waals surface area contributed by atoms with Crippen LogP contribution < -0.4 is 0 Å². The maximum Gasteiger partial charge on any atom is 0.0408 e. The lowest BCUT2D eigenvalue weighted by molar-refractivity contribution is 1.21. The monoisotopic (exact) mass is 234 g/mol. The molecule has 0 amide bonds. The Bertz CT molecular complexity index is 471. The summed E-state index contributed by atoms with van der Waals surface area (Å²) in [5, 5.41) is 2.89. The third-order valence-corrected chi connectivity index (χ3v) is 3.44. The summed E-state index contributed by atoms with van der Waals surface area (Å²) in [4.78, 5) is 1.25. The maximum absolute atomic E-state index is 5.94. The highest BCUT2D eigenvalue weighted by Gasteiger charge is 2.02. The molecular formula is C13H11ClS. The van der Waals surface area contributed by atoms with Crippen molar-refractivity contribution in [2.45, 2.75) is 6.42 Å². The van der Waals surface area contributed by atoms with Gasteiger partial charge >= 0.3 is 0 Å². The Morgan fingerprint density at radius 1 is 1.33 bits per heavy atom. The molecular weight excluding hydrogens is 224 g/mol. The average molecular weight is 235 g/mol.